The van der Waals surface area contributed by atoms with Crippen molar-refractivity contribution in [3.8, 4) is 0 Å². The fourth-order valence-electron chi connectivity index (χ4n) is 2.47. The van der Waals surface area contributed by atoms with Crippen molar-refractivity contribution >= 4 is 17.5 Å². The first-order chi connectivity index (χ1) is 9.41. The first-order valence-electron chi connectivity index (χ1n) is 6.51. The lowest BCUT2D eigenvalue weighted by Gasteiger charge is -2.41. The molecule has 0 saturated carbocycles. The van der Waals surface area contributed by atoms with Crippen LogP contribution in [0.5, 0.6) is 0 Å². The molecular weight excluding hydrogens is 266 g/mol. The minimum atomic E-state index is -1.00. The van der Waals surface area contributed by atoms with E-state index in [4.69, 9.17) is 0 Å². The molecule has 6 heteroatoms. The van der Waals surface area contributed by atoms with Gasteiger partial charge in [0.25, 0.3) is 5.91 Å². The molecule has 108 valence electrons. The highest BCUT2D eigenvalue weighted by Crippen LogP contribution is 2.27. The van der Waals surface area contributed by atoms with Gasteiger partial charge < -0.3 is 10.2 Å². The quantitative estimate of drug-likeness (QED) is 0.921. The molecule has 2 rings (SSSR count). The van der Waals surface area contributed by atoms with Crippen molar-refractivity contribution in [3.05, 3.63) is 29.8 Å². The van der Waals surface area contributed by atoms with Gasteiger partial charge in [0.1, 0.15) is 23.7 Å². The molecule has 1 aromatic carbocycles. The summed E-state index contributed by atoms with van der Waals surface area (Å²) < 4.78 is 26.6. The minimum absolute atomic E-state index is 0.0635. The number of rotatable bonds is 3. The Morgan fingerprint density at radius 2 is 1.70 bits per heavy atom. The predicted molar refractivity (Wildman–Crippen MR) is 70.2 cm³/mol. The molecular formula is C14H16F2N2O2. The first kappa shape index (κ1) is 14.4. The number of hydrogen-bond acceptors (Lipinski definition) is 2. The molecule has 0 aromatic heterocycles. The van der Waals surface area contributed by atoms with Gasteiger partial charge in [0.15, 0.2) is 0 Å². The predicted octanol–water partition coefficient (Wildman–Crippen LogP) is 1.99. The number of amides is 2. The fraction of sp³-hybridized carbons (Fsp3) is 0.429. The Hall–Kier alpha value is -1.98. The molecule has 4 nitrogen and oxygen atoms in total. The van der Waals surface area contributed by atoms with E-state index in [-0.39, 0.29) is 24.0 Å². The van der Waals surface area contributed by atoms with Crippen LogP contribution in [-0.4, -0.2) is 23.9 Å². The van der Waals surface area contributed by atoms with Crippen LogP contribution in [0.2, 0.25) is 0 Å². The number of carbonyl (C=O) groups is 2. The van der Waals surface area contributed by atoms with E-state index in [2.05, 4.69) is 5.32 Å². The number of hydrogen-bond donors (Lipinski definition) is 1. The Kier molecular flexibility index (Phi) is 3.74. The first-order valence-corrected chi connectivity index (χ1v) is 6.51. The highest BCUT2D eigenvalue weighted by molar-refractivity contribution is 6.09. The second-order valence-electron chi connectivity index (χ2n) is 4.86. The van der Waals surface area contributed by atoms with Crippen LogP contribution in [0.15, 0.2) is 18.2 Å². The summed E-state index contributed by atoms with van der Waals surface area (Å²) >= 11 is 0. The summed E-state index contributed by atoms with van der Waals surface area (Å²) in [6.45, 7) is 3.35. The van der Waals surface area contributed by atoms with E-state index in [0.717, 1.165) is 23.1 Å². The van der Waals surface area contributed by atoms with Crippen molar-refractivity contribution in [3.63, 3.8) is 0 Å². The Morgan fingerprint density at radius 1 is 1.15 bits per heavy atom. The lowest BCUT2D eigenvalue weighted by atomic mass is 9.88. The molecule has 0 spiro atoms. The third kappa shape index (κ3) is 2.37. The Morgan fingerprint density at radius 3 is 2.20 bits per heavy atom. The van der Waals surface area contributed by atoms with Gasteiger partial charge in [-0.2, -0.15) is 0 Å². The number of halogens is 2. The van der Waals surface area contributed by atoms with Gasteiger partial charge in [-0.05, 0) is 25.0 Å². The highest BCUT2D eigenvalue weighted by Gasteiger charge is 2.44. The van der Waals surface area contributed by atoms with Crippen LogP contribution in [0.25, 0.3) is 0 Å². The van der Waals surface area contributed by atoms with Gasteiger partial charge in [0.05, 0.1) is 5.69 Å². The van der Waals surface area contributed by atoms with Crippen LogP contribution in [0.4, 0.5) is 14.5 Å². The number of anilines is 1. The number of benzene rings is 1. The Bertz CT molecular complexity index is 536. The average Bonchev–Trinajstić information content (AvgIpc) is 2.40. The van der Waals surface area contributed by atoms with Gasteiger partial charge in [0, 0.05) is 6.07 Å². The van der Waals surface area contributed by atoms with Crippen LogP contribution < -0.4 is 10.2 Å². The molecule has 0 aliphatic carbocycles. The van der Waals surface area contributed by atoms with Gasteiger partial charge in [-0.25, -0.2) is 8.78 Å². The van der Waals surface area contributed by atoms with Crippen molar-refractivity contribution in [1.82, 2.24) is 5.32 Å². The molecule has 0 radical (unpaired) electrons. The summed E-state index contributed by atoms with van der Waals surface area (Å²) in [5.41, 5.74) is -0.938. The summed E-state index contributed by atoms with van der Waals surface area (Å²) in [6.07, 6.45) is 0.838. The van der Waals surface area contributed by atoms with Crippen molar-refractivity contribution in [1.29, 1.82) is 0 Å². The molecule has 0 atom stereocenters. The standard InChI is InChI=1S/C14H16F2N2O2/c1-3-14(4-2)13(20)18(8-12(19)17-14)11-6-9(15)5-10(16)7-11/h5-7H,3-4,8H2,1-2H3,(H,17,19). The SMILES string of the molecule is CCC1(CC)NC(=O)CN(c2cc(F)cc(F)c2)C1=O. The maximum Gasteiger partial charge on any atom is 0.253 e. The zero-order chi connectivity index (χ0) is 14.9. The largest absolute Gasteiger partial charge is 0.340 e. The van der Waals surface area contributed by atoms with Crippen LogP contribution >= 0.6 is 0 Å². The van der Waals surface area contributed by atoms with Gasteiger partial charge in [-0.3, -0.25) is 9.59 Å². The molecule has 1 N–H and O–H groups in total. The summed E-state index contributed by atoms with van der Waals surface area (Å²) in [5, 5.41) is 2.69. The molecule has 1 aromatic rings. The number of nitrogens with zero attached hydrogens (tertiary/aromatic N) is 1. The smallest absolute Gasteiger partial charge is 0.253 e. The Labute approximate surface area is 115 Å². The Balaban J connectivity index is 2.44. The molecule has 1 aliphatic rings. The molecule has 0 unspecified atom stereocenters. The second kappa shape index (κ2) is 5.19. The van der Waals surface area contributed by atoms with Gasteiger partial charge in [-0.15, -0.1) is 0 Å². The van der Waals surface area contributed by atoms with Crippen LogP contribution in [0.1, 0.15) is 26.7 Å². The molecule has 2 amide bonds. The van der Waals surface area contributed by atoms with Gasteiger partial charge in [-0.1, -0.05) is 13.8 Å². The summed E-state index contributed by atoms with van der Waals surface area (Å²) in [7, 11) is 0. The van der Waals surface area contributed by atoms with Gasteiger partial charge >= 0.3 is 0 Å². The fourth-order valence-corrected chi connectivity index (χ4v) is 2.47. The van der Waals surface area contributed by atoms with Crippen molar-refractivity contribution < 1.29 is 18.4 Å². The maximum absolute atomic E-state index is 13.3. The molecule has 20 heavy (non-hydrogen) atoms. The van der Waals surface area contributed by atoms with Crippen LogP contribution in [0, 0.1) is 11.6 Å². The molecule has 0 bridgehead atoms. The molecule has 1 aliphatic heterocycles. The van der Waals surface area contributed by atoms with Gasteiger partial charge in [0.2, 0.25) is 5.91 Å². The number of carbonyl (C=O) groups excluding carboxylic acids is 2. The van der Waals surface area contributed by atoms with Crippen LogP contribution in [-0.2, 0) is 9.59 Å². The summed E-state index contributed by atoms with van der Waals surface area (Å²) in [5.74, 6) is -2.24. The number of nitrogens with one attached hydrogen (secondary N) is 1. The molecule has 1 fully saturated rings. The van der Waals surface area contributed by atoms with Crippen molar-refractivity contribution in [2.24, 2.45) is 0 Å². The van der Waals surface area contributed by atoms with Crippen molar-refractivity contribution in [2.45, 2.75) is 32.2 Å². The van der Waals surface area contributed by atoms with E-state index in [0.29, 0.717) is 12.8 Å². The maximum atomic E-state index is 13.3. The minimum Gasteiger partial charge on any atom is -0.340 e. The van der Waals surface area contributed by atoms with E-state index in [9.17, 15) is 18.4 Å². The third-order valence-electron chi connectivity index (χ3n) is 3.70. The topological polar surface area (TPSA) is 49.4 Å². The molecule has 1 heterocycles. The van der Waals surface area contributed by atoms with Crippen LogP contribution in [0.3, 0.4) is 0 Å². The summed E-state index contributed by atoms with van der Waals surface area (Å²) in [4.78, 5) is 25.5. The lowest BCUT2D eigenvalue weighted by Crippen LogP contribution is -2.66. The third-order valence-corrected chi connectivity index (χ3v) is 3.70. The van der Waals surface area contributed by atoms with E-state index in [1.165, 1.54) is 0 Å². The monoisotopic (exact) mass is 282 g/mol. The van der Waals surface area contributed by atoms with E-state index in [1.54, 1.807) is 13.8 Å². The van der Waals surface area contributed by atoms with E-state index in [1.807, 2.05) is 0 Å². The second-order valence-corrected chi connectivity index (χ2v) is 4.86. The van der Waals surface area contributed by atoms with E-state index < -0.39 is 17.2 Å². The molecule has 1 saturated heterocycles. The van der Waals surface area contributed by atoms with Crippen molar-refractivity contribution in [2.75, 3.05) is 11.4 Å². The number of piperazine rings is 1. The zero-order valence-corrected chi connectivity index (χ0v) is 11.4. The normalized spacial score (nSPS) is 18.1. The van der Waals surface area contributed by atoms with E-state index >= 15 is 0 Å². The lowest BCUT2D eigenvalue weighted by molar-refractivity contribution is -0.136. The highest BCUT2D eigenvalue weighted by atomic mass is 19.1. The summed E-state index contributed by atoms with van der Waals surface area (Å²) in [6, 6.07) is 2.83. The zero-order valence-electron chi connectivity index (χ0n) is 11.4. The average molecular weight is 282 g/mol.